The highest BCUT2D eigenvalue weighted by molar-refractivity contribution is 5.37. The first-order valence-corrected chi connectivity index (χ1v) is 7.81. The van der Waals surface area contributed by atoms with Gasteiger partial charge in [-0.1, -0.05) is 12.1 Å². The van der Waals surface area contributed by atoms with Gasteiger partial charge in [0.15, 0.2) is 0 Å². The fourth-order valence-electron chi connectivity index (χ4n) is 3.30. The maximum Gasteiger partial charge on any atom is 0.119 e. The van der Waals surface area contributed by atoms with Crippen LogP contribution in [0.15, 0.2) is 24.3 Å². The molecule has 2 aliphatic rings. The second-order valence-electron chi connectivity index (χ2n) is 6.59. The molecule has 1 unspecified atom stereocenters. The SMILES string of the molecule is CC(N)C1(c2ccc(OC3CCN(C)CC3)cc2)CC1. The molecule has 0 aromatic heterocycles. The van der Waals surface area contributed by atoms with E-state index < -0.39 is 0 Å². The number of rotatable bonds is 4. The Morgan fingerprint density at radius 1 is 1.20 bits per heavy atom. The topological polar surface area (TPSA) is 38.5 Å². The molecule has 1 aromatic carbocycles. The van der Waals surface area contributed by atoms with E-state index in [4.69, 9.17) is 10.5 Å². The minimum absolute atomic E-state index is 0.239. The minimum atomic E-state index is 0.239. The van der Waals surface area contributed by atoms with Crippen LogP contribution in [-0.2, 0) is 5.41 Å². The monoisotopic (exact) mass is 274 g/mol. The Morgan fingerprint density at radius 3 is 2.30 bits per heavy atom. The highest BCUT2D eigenvalue weighted by Crippen LogP contribution is 2.50. The van der Waals surface area contributed by atoms with Crippen molar-refractivity contribution < 1.29 is 4.74 Å². The summed E-state index contributed by atoms with van der Waals surface area (Å²) in [5.41, 5.74) is 7.75. The number of likely N-dealkylation sites (tertiary alicyclic amines) is 1. The van der Waals surface area contributed by atoms with E-state index in [2.05, 4.69) is 43.1 Å². The number of hydrogen-bond acceptors (Lipinski definition) is 3. The van der Waals surface area contributed by atoms with E-state index in [-0.39, 0.29) is 11.5 Å². The summed E-state index contributed by atoms with van der Waals surface area (Å²) in [6, 6.07) is 8.90. The van der Waals surface area contributed by atoms with Gasteiger partial charge in [-0.3, -0.25) is 0 Å². The third-order valence-electron chi connectivity index (χ3n) is 5.06. The Balaban J connectivity index is 1.62. The van der Waals surface area contributed by atoms with Crippen LogP contribution < -0.4 is 10.5 Å². The van der Waals surface area contributed by atoms with E-state index >= 15 is 0 Å². The van der Waals surface area contributed by atoms with Gasteiger partial charge < -0.3 is 15.4 Å². The predicted molar refractivity (Wildman–Crippen MR) is 82.2 cm³/mol. The average molecular weight is 274 g/mol. The van der Waals surface area contributed by atoms with Crippen LogP contribution in [0.1, 0.15) is 38.2 Å². The summed E-state index contributed by atoms with van der Waals surface area (Å²) in [5.74, 6) is 1.00. The number of piperidine rings is 1. The maximum absolute atomic E-state index is 6.13. The molecule has 1 saturated heterocycles. The summed E-state index contributed by atoms with van der Waals surface area (Å²) in [4.78, 5) is 2.36. The van der Waals surface area contributed by atoms with Gasteiger partial charge >= 0.3 is 0 Å². The smallest absolute Gasteiger partial charge is 0.119 e. The molecule has 1 aliphatic carbocycles. The molecule has 2 N–H and O–H groups in total. The molecule has 3 rings (SSSR count). The summed E-state index contributed by atoms with van der Waals surface area (Å²) in [5, 5.41) is 0. The largest absolute Gasteiger partial charge is 0.490 e. The van der Waals surface area contributed by atoms with Crippen molar-refractivity contribution in [1.29, 1.82) is 0 Å². The van der Waals surface area contributed by atoms with Crippen LogP contribution in [0.3, 0.4) is 0 Å². The van der Waals surface area contributed by atoms with Gasteiger partial charge in [-0.25, -0.2) is 0 Å². The second kappa shape index (κ2) is 5.38. The van der Waals surface area contributed by atoms with Crippen molar-refractivity contribution >= 4 is 0 Å². The van der Waals surface area contributed by atoms with Crippen LogP contribution in [0.25, 0.3) is 0 Å². The van der Waals surface area contributed by atoms with Crippen molar-refractivity contribution in [2.75, 3.05) is 20.1 Å². The quantitative estimate of drug-likeness (QED) is 0.917. The molecule has 3 nitrogen and oxygen atoms in total. The molecule has 1 atom stereocenters. The van der Waals surface area contributed by atoms with Crippen molar-refractivity contribution in [3.63, 3.8) is 0 Å². The summed E-state index contributed by atoms with van der Waals surface area (Å²) in [6.07, 6.45) is 5.07. The van der Waals surface area contributed by atoms with Gasteiger partial charge in [0.25, 0.3) is 0 Å². The van der Waals surface area contributed by atoms with Crippen molar-refractivity contribution in [2.24, 2.45) is 5.73 Å². The van der Waals surface area contributed by atoms with Crippen LogP contribution in [0.4, 0.5) is 0 Å². The lowest BCUT2D eigenvalue weighted by atomic mass is 9.89. The Bertz CT molecular complexity index is 443. The van der Waals surface area contributed by atoms with Gasteiger partial charge in [-0.2, -0.15) is 0 Å². The zero-order chi connectivity index (χ0) is 14.2. The van der Waals surface area contributed by atoms with E-state index in [1.165, 1.54) is 18.4 Å². The Kier molecular flexibility index (Phi) is 3.74. The van der Waals surface area contributed by atoms with Crippen LogP contribution in [0.5, 0.6) is 5.75 Å². The lowest BCUT2D eigenvalue weighted by Crippen LogP contribution is -2.35. The van der Waals surface area contributed by atoms with Crippen molar-refractivity contribution in [2.45, 2.75) is 50.2 Å². The average Bonchev–Trinajstić information content (AvgIpc) is 3.24. The molecule has 1 heterocycles. The van der Waals surface area contributed by atoms with Gasteiger partial charge in [-0.05, 0) is 57.4 Å². The fourth-order valence-corrected chi connectivity index (χ4v) is 3.30. The number of benzene rings is 1. The molecule has 1 aliphatic heterocycles. The van der Waals surface area contributed by atoms with Gasteiger partial charge in [0.05, 0.1) is 0 Å². The molecule has 110 valence electrons. The first-order valence-electron chi connectivity index (χ1n) is 7.81. The van der Waals surface area contributed by atoms with Crippen molar-refractivity contribution in [3.8, 4) is 5.75 Å². The Labute approximate surface area is 122 Å². The number of nitrogens with zero attached hydrogens (tertiary/aromatic N) is 1. The third-order valence-corrected chi connectivity index (χ3v) is 5.06. The molecule has 20 heavy (non-hydrogen) atoms. The first kappa shape index (κ1) is 13.9. The fraction of sp³-hybridized carbons (Fsp3) is 0.647. The molecule has 0 spiro atoms. The van der Waals surface area contributed by atoms with Gasteiger partial charge in [0.2, 0.25) is 0 Å². The van der Waals surface area contributed by atoms with E-state index in [1.807, 2.05) is 0 Å². The summed E-state index contributed by atoms with van der Waals surface area (Å²) >= 11 is 0. The van der Waals surface area contributed by atoms with E-state index in [0.717, 1.165) is 31.7 Å². The molecule has 0 amide bonds. The number of hydrogen-bond donors (Lipinski definition) is 1. The van der Waals surface area contributed by atoms with Gasteiger partial charge in [0.1, 0.15) is 11.9 Å². The van der Waals surface area contributed by atoms with Crippen LogP contribution in [0, 0.1) is 0 Å². The molecule has 1 aromatic rings. The molecule has 2 fully saturated rings. The van der Waals surface area contributed by atoms with Gasteiger partial charge in [-0.15, -0.1) is 0 Å². The molecule has 0 bridgehead atoms. The molecular weight excluding hydrogens is 248 g/mol. The summed E-state index contributed by atoms with van der Waals surface area (Å²) in [7, 11) is 2.17. The van der Waals surface area contributed by atoms with E-state index in [1.54, 1.807) is 0 Å². The van der Waals surface area contributed by atoms with Gasteiger partial charge in [0, 0.05) is 24.5 Å². The molecule has 1 saturated carbocycles. The summed E-state index contributed by atoms with van der Waals surface area (Å²) in [6.45, 7) is 4.39. The molecule has 0 radical (unpaired) electrons. The minimum Gasteiger partial charge on any atom is -0.490 e. The zero-order valence-corrected chi connectivity index (χ0v) is 12.6. The standard InChI is InChI=1S/C17H26N2O/c1-13(18)17(9-10-17)14-3-5-15(6-4-14)20-16-7-11-19(2)12-8-16/h3-6,13,16H,7-12,18H2,1-2H3. The lowest BCUT2D eigenvalue weighted by Gasteiger charge is -2.29. The first-order chi connectivity index (χ1) is 9.60. The number of nitrogens with two attached hydrogens (primary N) is 1. The van der Waals surface area contributed by atoms with E-state index in [0.29, 0.717) is 6.10 Å². The zero-order valence-electron chi connectivity index (χ0n) is 12.6. The Morgan fingerprint density at radius 2 is 1.80 bits per heavy atom. The van der Waals surface area contributed by atoms with Crippen LogP contribution >= 0.6 is 0 Å². The highest BCUT2D eigenvalue weighted by Gasteiger charge is 2.47. The summed E-state index contributed by atoms with van der Waals surface area (Å²) < 4.78 is 6.09. The lowest BCUT2D eigenvalue weighted by molar-refractivity contribution is 0.114. The molecular formula is C17H26N2O. The maximum atomic E-state index is 6.13. The predicted octanol–water partition coefficient (Wildman–Crippen LogP) is 2.54. The van der Waals surface area contributed by atoms with E-state index in [9.17, 15) is 0 Å². The highest BCUT2D eigenvalue weighted by atomic mass is 16.5. The second-order valence-corrected chi connectivity index (χ2v) is 6.59. The van der Waals surface area contributed by atoms with Crippen molar-refractivity contribution in [1.82, 2.24) is 4.90 Å². The number of ether oxygens (including phenoxy) is 1. The molecule has 3 heteroatoms. The third kappa shape index (κ3) is 2.70. The van der Waals surface area contributed by atoms with Crippen LogP contribution in [-0.4, -0.2) is 37.2 Å². The van der Waals surface area contributed by atoms with Crippen LogP contribution in [0.2, 0.25) is 0 Å². The van der Waals surface area contributed by atoms with Crippen molar-refractivity contribution in [3.05, 3.63) is 29.8 Å². The Hall–Kier alpha value is -1.06. The normalized spacial score (nSPS) is 24.4.